The van der Waals surface area contributed by atoms with Gasteiger partial charge in [-0.3, -0.25) is 10.1 Å². The van der Waals surface area contributed by atoms with Crippen LogP contribution in [0.4, 0.5) is 5.13 Å². The van der Waals surface area contributed by atoms with E-state index in [1.54, 1.807) is 32.4 Å². The average molecular weight is 382 g/mol. The highest BCUT2D eigenvalue weighted by molar-refractivity contribution is 7.14. The fraction of sp³-hybridized carbons (Fsp3) is 0.238. The Morgan fingerprint density at radius 2 is 1.67 bits per heavy atom. The minimum absolute atomic E-state index is 0.242. The van der Waals surface area contributed by atoms with E-state index in [0.29, 0.717) is 22.2 Å². The third kappa shape index (κ3) is 3.95. The molecule has 0 aliphatic rings. The molecule has 6 heteroatoms. The van der Waals surface area contributed by atoms with E-state index in [-0.39, 0.29) is 5.91 Å². The number of hydrogen-bond donors (Lipinski definition) is 1. The second-order valence-corrected chi connectivity index (χ2v) is 7.17. The molecule has 5 nitrogen and oxygen atoms in total. The molecule has 0 atom stereocenters. The van der Waals surface area contributed by atoms with Crippen molar-refractivity contribution in [2.75, 3.05) is 19.5 Å². The summed E-state index contributed by atoms with van der Waals surface area (Å²) in [5.74, 6) is 0.847. The molecule has 0 radical (unpaired) electrons. The minimum Gasteiger partial charge on any atom is -0.493 e. The molecule has 0 saturated carbocycles. The zero-order chi connectivity index (χ0) is 19.6. The maximum atomic E-state index is 12.6. The first-order chi connectivity index (χ1) is 12.9. The van der Waals surface area contributed by atoms with Crippen LogP contribution in [0.1, 0.15) is 27.0 Å². The largest absolute Gasteiger partial charge is 0.493 e. The Hall–Kier alpha value is -2.86. The van der Waals surface area contributed by atoms with Crippen molar-refractivity contribution >= 4 is 22.4 Å². The molecule has 0 bridgehead atoms. The molecule has 1 amide bonds. The molecule has 1 N–H and O–H groups in total. The van der Waals surface area contributed by atoms with Gasteiger partial charge in [-0.2, -0.15) is 0 Å². The average Bonchev–Trinajstić information content (AvgIpc) is 3.12. The number of aromatic nitrogens is 1. The summed E-state index contributed by atoms with van der Waals surface area (Å²) in [6.45, 7) is 6.26. The molecule has 3 rings (SSSR count). The van der Waals surface area contributed by atoms with Gasteiger partial charge in [0.25, 0.3) is 5.91 Å². The Balaban J connectivity index is 1.82. The maximum absolute atomic E-state index is 12.6. The topological polar surface area (TPSA) is 60.5 Å². The summed E-state index contributed by atoms with van der Waals surface area (Å²) in [6, 6.07) is 9.35. The van der Waals surface area contributed by atoms with Crippen molar-refractivity contribution in [2.24, 2.45) is 0 Å². The van der Waals surface area contributed by atoms with Gasteiger partial charge in [0.05, 0.1) is 19.9 Å². The van der Waals surface area contributed by atoms with Crippen molar-refractivity contribution in [2.45, 2.75) is 20.8 Å². The molecule has 0 aliphatic heterocycles. The molecular formula is C21H22N2O3S. The Kier molecular flexibility index (Phi) is 5.46. The lowest BCUT2D eigenvalue weighted by molar-refractivity contribution is 0.102. The summed E-state index contributed by atoms with van der Waals surface area (Å²) in [6.07, 6.45) is 0. The summed E-state index contributed by atoms with van der Waals surface area (Å²) >= 11 is 1.40. The van der Waals surface area contributed by atoms with Crippen LogP contribution in [0.5, 0.6) is 11.5 Å². The number of ether oxygens (including phenoxy) is 2. The fourth-order valence-electron chi connectivity index (χ4n) is 2.84. The van der Waals surface area contributed by atoms with Gasteiger partial charge in [-0.05, 0) is 61.7 Å². The maximum Gasteiger partial charge on any atom is 0.257 e. The fourth-order valence-corrected chi connectivity index (χ4v) is 3.54. The number of carbonyl (C=O) groups excluding carboxylic acids is 1. The molecule has 3 aromatic rings. The van der Waals surface area contributed by atoms with Gasteiger partial charge >= 0.3 is 0 Å². The number of nitrogens with one attached hydrogen (secondary N) is 1. The predicted octanol–water partition coefficient (Wildman–Crippen LogP) is 5.00. The molecule has 140 valence electrons. The van der Waals surface area contributed by atoms with Crippen molar-refractivity contribution in [3.63, 3.8) is 0 Å². The van der Waals surface area contributed by atoms with Crippen molar-refractivity contribution in [1.82, 2.24) is 4.98 Å². The monoisotopic (exact) mass is 382 g/mol. The Morgan fingerprint density at radius 1 is 0.963 bits per heavy atom. The normalized spacial score (nSPS) is 10.6. The van der Waals surface area contributed by atoms with Gasteiger partial charge in [0.1, 0.15) is 0 Å². The van der Waals surface area contributed by atoms with Crippen LogP contribution in [0.15, 0.2) is 35.7 Å². The van der Waals surface area contributed by atoms with Crippen molar-refractivity contribution in [1.29, 1.82) is 0 Å². The van der Waals surface area contributed by atoms with Crippen molar-refractivity contribution in [3.05, 3.63) is 58.0 Å². The molecule has 0 saturated heterocycles. The molecule has 1 aromatic heterocycles. The van der Waals surface area contributed by atoms with Crippen LogP contribution in [0.25, 0.3) is 11.3 Å². The summed E-state index contributed by atoms with van der Waals surface area (Å²) in [4.78, 5) is 17.1. The molecular weight excluding hydrogens is 360 g/mol. The number of benzene rings is 2. The van der Waals surface area contributed by atoms with Gasteiger partial charge in [-0.25, -0.2) is 4.98 Å². The van der Waals surface area contributed by atoms with Crippen LogP contribution < -0.4 is 14.8 Å². The lowest BCUT2D eigenvalue weighted by Gasteiger charge is -2.09. The van der Waals surface area contributed by atoms with E-state index in [9.17, 15) is 4.79 Å². The van der Waals surface area contributed by atoms with E-state index in [1.165, 1.54) is 28.0 Å². The summed E-state index contributed by atoms with van der Waals surface area (Å²) < 4.78 is 10.5. The third-order valence-corrected chi connectivity index (χ3v) is 5.24. The number of thiazole rings is 1. The summed E-state index contributed by atoms with van der Waals surface area (Å²) in [5, 5.41) is 5.37. The molecule has 2 aromatic carbocycles. The predicted molar refractivity (Wildman–Crippen MR) is 109 cm³/mol. The SMILES string of the molecule is COc1ccc(C(=O)Nc2nc(-c3cc(C)c(C)cc3C)cs2)cc1OC. The second kappa shape index (κ2) is 7.80. The molecule has 27 heavy (non-hydrogen) atoms. The van der Waals surface area contributed by atoms with Crippen molar-refractivity contribution < 1.29 is 14.3 Å². The molecule has 0 fully saturated rings. The first kappa shape index (κ1) is 18.9. The quantitative estimate of drug-likeness (QED) is 0.674. The number of nitrogens with zero attached hydrogens (tertiary/aromatic N) is 1. The van der Waals surface area contributed by atoms with E-state index < -0.39 is 0 Å². The number of aryl methyl sites for hydroxylation is 3. The van der Waals surface area contributed by atoms with Crippen molar-refractivity contribution in [3.8, 4) is 22.8 Å². The van der Waals surface area contributed by atoms with E-state index in [1.807, 2.05) is 5.38 Å². The highest BCUT2D eigenvalue weighted by atomic mass is 32.1. The first-order valence-corrected chi connectivity index (χ1v) is 9.38. The van der Waals surface area contributed by atoms with Crippen LogP contribution in [-0.2, 0) is 0 Å². The van der Waals surface area contributed by atoms with Crippen LogP contribution in [-0.4, -0.2) is 25.1 Å². The van der Waals surface area contributed by atoms with Crippen LogP contribution in [0.3, 0.4) is 0 Å². The Labute approximate surface area is 163 Å². The molecule has 0 aliphatic carbocycles. The molecule has 0 spiro atoms. The van der Waals surface area contributed by atoms with E-state index in [0.717, 1.165) is 11.3 Å². The number of amides is 1. The second-order valence-electron chi connectivity index (χ2n) is 6.31. The van der Waals surface area contributed by atoms with Crippen LogP contribution in [0.2, 0.25) is 0 Å². The highest BCUT2D eigenvalue weighted by Gasteiger charge is 2.14. The standard InChI is InChI=1S/C21H22N2O3S/c1-12-8-14(3)16(9-13(12)2)17-11-27-21(22-17)23-20(24)15-6-7-18(25-4)19(10-15)26-5/h6-11H,1-5H3,(H,22,23,24). The van der Waals surface area contributed by atoms with Gasteiger partial charge in [0, 0.05) is 16.5 Å². The van der Waals surface area contributed by atoms with E-state index in [4.69, 9.17) is 9.47 Å². The number of rotatable bonds is 5. The zero-order valence-corrected chi connectivity index (χ0v) is 16.9. The molecule has 1 heterocycles. The van der Waals surface area contributed by atoms with Gasteiger partial charge in [0.15, 0.2) is 16.6 Å². The van der Waals surface area contributed by atoms with E-state index >= 15 is 0 Å². The van der Waals surface area contributed by atoms with Gasteiger partial charge in [-0.1, -0.05) is 6.07 Å². The van der Waals surface area contributed by atoms with Gasteiger partial charge < -0.3 is 9.47 Å². The number of anilines is 1. The zero-order valence-electron chi connectivity index (χ0n) is 16.0. The number of carbonyl (C=O) groups is 1. The Bertz CT molecular complexity index is 995. The van der Waals surface area contributed by atoms with Crippen LogP contribution >= 0.6 is 11.3 Å². The number of hydrogen-bond acceptors (Lipinski definition) is 5. The third-order valence-electron chi connectivity index (χ3n) is 4.49. The smallest absolute Gasteiger partial charge is 0.257 e. The minimum atomic E-state index is -0.242. The lowest BCUT2D eigenvalue weighted by Crippen LogP contribution is -2.12. The van der Waals surface area contributed by atoms with E-state index in [2.05, 4.69) is 43.2 Å². The van der Waals surface area contributed by atoms with Gasteiger partial charge in [-0.15, -0.1) is 11.3 Å². The first-order valence-electron chi connectivity index (χ1n) is 8.50. The molecule has 0 unspecified atom stereocenters. The Morgan fingerprint density at radius 3 is 2.37 bits per heavy atom. The van der Waals surface area contributed by atoms with Crippen LogP contribution in [0, 0.1) is 20.8 Å². The van der Waals surface area contributed by atoms with Gasteiger partial charge in [0.2, 0.25) is 0 Å². The summed E-state index contributed by atoms with van der Waals surface area (Å²) in [5.41, 5.74) is 6.07. The number of methoxy groups -OCH3 is 2. The summed E-state index contributed by atoms with van der Waals surface area (Å²) in [7, 11) is 3.10. The lowest BCUT2D eigenvalue weighted by atomic mass is 9.99. The highest BCUT2D eigenvalue weighted by Crippen LogP contribution is 2.31.